The van der Waals surface area contributed by atoms with Crippen LogP contribution in [0.1, 0.15) is 33.1 Å². The molecule has 0 aromatic carbocycles. The van der Waals surface area contributed by atoms with E-state index >= 15 is 0 Å². The van der Waals surface area contributed by atoms with Crippen molar-refractivity contribution in [2.24, 2.45) is 11.8 Å². The summed E-state index contributed by atoms with van der Waals surface area (Å²) in [5, 5.41) is 15.1. The van der Waals surface area contributed by atoms with Gasteiger partial charge < -0.3 is 20.6 Å². The molecule has 6 nitrogen and oxygen atoms in total. The fraction of sp³-hybridized carbons (Fsp3) is 0.857. The first-order valence-corrected chi connectivity index (χ1v) is 7.44. The molecule has 0 unspecified atom stereocenters. The molecule has 1 fully saturated rings. The van der Waals surface area contributed by atoms with Crippen molar-refractivity contribution in [3.8, 4) is 0 Å². The summed E-state index contributed by atoms with van der Waals surface area (Å²) in [6.45, 7) is 7.80. The number of carboxylic acids is 1. The van der Waals surface area contributed by atoms with Crippen LogP contribution in [0.2, 0.25) is 0 Å². The third-order valence-corrected chi connectivity index (χ3v) is 3.44. The lowest BCUT2D eigenvalue weighted by Gasteiger charge is -2.23. The van der Waals surface area contributed by atoms with E-state index in [1.165, 1.54) is 0 Å². The highest BCUT2D eigenvalue weighted by Crippen LogP contribution is 2.14. The zero-order valence-electron chi connectivity index (χ0n) is 12.5. The topological polar surface area (TPSA) is 81.7 Å². The second-order valence-electron chi connectivity index (χ2n) is 5.87. The van der Waals surface area contributed by atoms with Crippen molar-refractivity contribution in [1.29, 1.82) is 0 Å². The van der Waals surface area contributed by atoms with Crippen LogP contribution in [-0.2, 0) is 4.79 Å². The highest BCUT2D eigenvalue weighted by Gasteiger charge is 2.19. The minimum absolute atomic E-state index is 0.00144. The zero-order chi connectivity index (χ0) is 15.0. The highest BCUT2D eigenvalue weighted by atomic mass is 16.4. The third-order valence-electron chi connectivity index (χ3n) is 3.44. The Balaban J connectivity index is 2.39. The maximum atomic E-state index is 12.1. The van der Waals surface area contributed by atoms with Gasteiger partial charge in [0.05, 0.1) is 0 Å². The number of nitrogens with zero attached hydrogens (tertiary/aromatic N) is 1. The summed E-state index contributed by atoms with van der Waals surface area (Å²) in [6, 6.07) is -0.0761. The lowest BCUT2D eigenvalue weighted by molar-refractivity contribution is -0.138. The van der Waals surface area contributed by atoms with Gasteiger partial charge in [-0.15, -0.1) is 0 Å². The molecule has 0 aromatic heterocycles. The SMILES string of the molecule is CC(C)C[C@H](CNC(=O)N1CCCNCC1)CC(=O)O. The number of urea groups is 1. The number of carboxylic acid groups (broad SMARTS) is 1. The van der Waals surface area contributed by atoms with Gasteiger partial charge >= 0.3 is 12.0 Å². The molecule has 1 saturated heterocycles. The normalized spacial score (nSPS) is 17.6. The third kappa shape index (κ3) is 6.75. The van der Waals surface area contributed by atoms with Crippen molar-refractivity contribution < 1.29 is 14.7 Å². The van der Waals surface area contributed by atoms with E-state index in [1.54, 1.807) is 4.90 Å². The van der Waals surface area contributed by atoms with E-state index in [9.17, 15) is 9.59 Å². The zero-order valence-corrected chi connectivity index (χ0v) is 12.5. The van der Waals surface area contributed by atoms with Crippen LogP contribution in [0.4, 0.5) is 4.79 Å². The number of carbonyl (C=O) groups excluding carboxylic acids is 1. The summed E-state index contributed by atoms with van der Waals surface area (Å²) in [5.41, 5.74) is 0. The van der Waals surface area contributed by atoms with Gasteiger partial charge in [0.25, 0.3) is 0 Å². The van der Waals surface area contributed by atoms with E-state index in [0.29, 0.717) is 19.0 Å². The number of hydrogen-bond donors (Lipinski definition) is 3. The predicted molar refractivity (Wildman–Crippen MR) is 77.7 cm³/mol. The standard InChI is InChI=1S/C14H27N3O3/c1-11(2)8-12(9-13(18)19)10-16-14(20)17-6-3-4-15-5-7-17/h11-12,15H,3-10H2,1-2H3,(H,16,20)(H,18,19)/t12-/m0/s1. The first kappa shape index (κ1) is 16.8. The molecule has 0 aromatic rings. The van der Waals surface area contributed by atoms with Gasteiger partial charge in [-0.1, -0.05) is 13.8 Å². The van der Waals surface area contributed by atoms with Crippen LogP contribution in [0.5, 0.6) is 0 Å². The molecule has 6 heteroatoms. The van der Waals surface area contributed by atoms with E-state index in [4.69, 9.17) is 5.11 Å². The molecule has 1 atom stereocenters. The number of amides is 2. The molecule has 1 aliphatic rings. The highest BCUT2D eigenvalue weighted by molar-refractivity contribution is 5.74. The molecular formula is C14H27N3O3. The van der Waals surface area contributed by atoms with E-state index in [0.717, 1.165) is 32.5 Å². The van der Waals surface area contributed by atoms with Crippen LogP contribution in [0.25, 0.3) is 0 Å². The number of carbonyl (C=O) groups is 2. The quantitative estimate of drug-likeness (QED) is 0.683. The van der Waals surface area contributed by atoms with Gasteiger partial charge in [0.2, 0.25) is 0 Å². The van der Waals surface area contributed by atoms with Crippen LogP contribution in [0.15, 0.2) is 0 Å². The molecule has 0 aliphatic carbocycles. The van der Waals surface area contributed by atoms with Gasteiger partial charge in [0.15, 0.2) is 0 Å². The molecule has 1 heterocycles. The second-order valence-corrected chi connectivity index (χ2v) is 5.87. The van der Waals surface area contributed by atoms with Gasteiger partial charge in [0.1, 0.15) is 0 Å². The van der Waals surface area contributed by atoms with E-state index in [2.05, 4.69) is 24.5 Å². The Hall–Kier alpha value is -1.30. The molecule has 3 N–H and O–H groups in total. The lowest BCUT2D eigenvalue weighted by Crippen LogP contribution is -2.43. The van der Waals surface area contributed by atoms with Crippen molar-refractivity contribution >= 4 is 12.0 Å². The van der Waals surface area contributed by atoms with Crippen LogP contribution in [0, 0.1) is 11.8 Å². The fourth-order valence-electron chi connectivity index (χ4n) is 2.54. The Morgan fingerprint density at radius 2 is 2.05 bits per heavy atom. The Labute approximate surface area is 120 Å². The van der Waals surface area contributed by atoms with E-state index < -0.39 is 5.97 Å². The number of nitrogens with one attached hydrogen (secondary N) is 2. The molecule has 0 bridgehead atoms. The molecule has 0 saturated carbocycles. The number of rotatable bonds is 6. The molecular weight excluding hydrogens is 258 g/mol. The first-order chi connectivity index (χ1) is 9.49. The van der Waals surface area contributed by atoms with Crippen LogP contribution >= 0.6 is 0 Å². The van der Waals surface area contributed by atoms with Gasteiger partial charge in [0, 0.05) is 32.6 Å². The maximum Gasteiger partial charge on any atom is 0.317 e. The van der Waals surface area contributed by atoms with Crippen molar-refractivity contribution in [1.82, 2.24) is 15.5 Å². The first-order valence-electron chi connectivity index (χ1n) is 7.44. The monoisotopic (exact) mass is 285 g/mol. The molecule has 1 aliphatic heterocycles. The molecule has 20 heavy (non-hydrogen) atoms. The van der Waals surface area contributed by atoms with E-state index in [-0.39, 0.29) is 18.4 Å². The minimum atomic E-state index is -0.802. The Morgan fingerprint density at radius 3 is 2.70 bits per heavy atom. The minimum Gasteiger partial charge on any atom is -0.481 e. The maximum absolute atomic E-state index is 12.1. The van der Waals surface area contributed by atoms with Crippen molar-refractivity contribution in [3.63, 3.8) is 0 Å². The van der Waals surface area contributed by atoms with Crippen LogP contribution in [-0.4, -0.2) is 54.7 Å². The molecule has 0 radical (unpaired) electrons. The van der Waals surface area contributed by atoms with Crippen molar-refractivity contribution in [2.45, 2.75) is 33.1 Å². The summed E-state index contributed by atoms with van der Waals surface area (Å²) < 4.78 is 0. The van der Waals surface area contributed by atoms with Gasteiger partial charge in [-0.05, 0) is 31.2 Å². The van der Waals surface area contributed by atoms with Gasteiger partial charge in [-0.3, -0.25) is 4.79 Å². The van der Waals surface area contributed by atoms with Crippen molar-refractivity contribution in [3.05, 3.63) is 0 Å². The lowest BCUT2D eigenvalue weighted by atomic mass is 9.94. The average Bonchev–Trinajstić information content (AvgIpc) is 2.63. The Bertz CT molecular complexity index is 313. The fourth-order valence-corrected chi connectivity index (χ4v) is 2.54. The largest absolute Gasteiger partial charge is 0.481 e. The smallest absolute Gasteiger partial charge is 0.317 e. The summed E-state index contributed by atoms with van der Waals surface area (Å²) in [6.07, 6.45) is 1.88. The summed E-state index contributed by atoms with van der Waals surface area (Å²) >= 11 is 0. The number of hydrogen-bond acceptors (Lipinski definition) is 3. The molecule has 116 valence electrons. The molecule has 1 rings (SSSR count). The number of aliphatic carboxylic acids is 1. The summed E-state index contributed by atoms with van der Waals surface area (Å²) in [5.74, 6) is -0.371. The Kier molecular flexibility index (Phi) is 7.36. The molecule has 0 spiro atoms. The van der Waals surface area contributed by atoms with Gasteiger partial charge in [-0.25, -0.2) is 4.79 Å². The van der Waals surface area contributed by atoms with Crippen molar-refractivity contribution in [2.75, 3.05) is 32.7 Å². The Morgan fingerprint density at radius 1 is 1.30 bits per heavy atom. The second kappa shape index (κ2) is 8.79. The van der Waals surface area contributed by atoms with Gasteiger partial charge in [-0.2, -0.15) is 0 Å². The van der Waals surface area contributed by atoms with Crippen LogP contribution < -0.4 is 10.6 Å². The predicted octanol–water partition coefficient (Wildman–Crippen LogP) is 1.13. The summed E-state index contributed by atoms with van der Waals surface area (Å²) in [4.78, 5) is 24.7. The average molecular weight is 285 g/mol. The molecule has 2 amide bonds. The van der Waals surface area contributed by atoms with E-state index in [1.807, 2.05) is 0 Å². The summed E-state index contributed by atoms with van der Waals surface area (Å²) in [7, 11) is 0. The van der Waals surface area contributed by atoms with Crippen LogP contribution in [0.3, 0.4) is 0 Å².